The van der Waals surface area contributed by atoms with Gasteiger partial charge in [0.2, 0.25) is 5.95 Å². The first-order chi connectivity index (χ1) is 13.6. The number of hydrogen-bond acceptors (Lipinski definition) is 7. The van der Waals surface area contributed by atoms with E-state index in [2.05, 4.69) is 15.4 Å². The third-order valence-corrected chi connectivity index (χ3v) is 4.07. The van der Waals surface area contributed by atoms with Crippen molar-refractivity contribution in [1.82, 2.24) is 14.8 Å². The first-order valence-corrected chi connectivity index (χ1v) is 8.65. The predicted octanol–water partition coefficient (Wildman–Crippen LogP) is 2.86. The summed E-state index contributed by atoms with van der Waals surface area (Å²) in [5, 5.41) is 7.51. The van der Waals surface area contributed by atoms with Gasteiger partial charge in [-0.05, 0) is 42.0 Å². The molecule has 0 bridgehead atoms. The summed E-state index contributed by atoms with van der Waals surface area (Å²) in [4.78, 5) is 16.9. The van der Waals surface area contributed by atoms with Crippen LogP contribution in [0.2, 0.25) is 0 Å². The zero-order valence-corrected chi connectivity index (χ0v) is 16.0. The number of carbonyl (C=O) groups is 1. The standard InChI is InChI=1S/C20H22N4O4/c1-26-13-18(25)24-20(21-12-14-4-8-16(27-2)9-5-14)22-19(23-24)15-6-10-17(28-3)11-7-15/h4-11H,12-13H2,1-3H3,(H,21,22,23). The van der Waals surface area contributed by atoms with Gasteiger partial charge in [0.1, 0.15) is 18.1 Å². The number of anilines is 1. The fraction of sp³-hybridized carbons (Fsp3) is 0.250. The second-order valence-electron chi connectivity index (χ2n) is 5.93. The number of aromatic nitrogens is 3. The number of benzene rings is 2. The molecule has 3 rings (SSSR count). The van der Waals surface area contributed by atoms with E-state index in [-0.39, 0.29) is 12.5 Å². The Kier molecular flexibility index (Phi) is 6.23. The smallest absolute Gasteiger partial charge is 0.276 e. The van der Waals surface area contributed by atoms with Crippen LogP contribution in [0.4, 0.5) is 5.95 Å². The fourth-order valence-electron chi connectivity index (χ4n) is 2.57. The zero-order chi connectivity index (χ0) is 19.9. The lowest BCUT2D eigenvalue weighted by Gasteiger charge is -2.07. The Bertz CT molecular complexity index is 920. The molecular weight excluding hydrogens is 360 g/mol. The van der Waals surface area contributed by atoms with Crippen LogP contribution in [-0.2, 0) is 11.3 Å². The molecule has 0 aliphatic rings. The lowest BCUT2D eigenvalue weighted by atomic mass is 10.2. The van der Waals surface area contributed by atoms with Gasteiger partial charge in [-0.3, -0.25) is 4.79 Å². The molecule has 1 heterocycles. The van der Waals surface area contributed by atoms with Crippen LogP contribution in [0.25, 0.3) is 11.4 Å². The second kappa shape index (κ2) is 9.01. The van der Waals surface area contributed by atoms with Crippen LogP contribution in [0, 0.1) is 0 Å². The van der Waals surface area contributed by atoms with Gasteiger partial charge in [-0.15, -0.1) is 5.10 Å². The number of ether oxygens (including phenoxy) is 3. The molecule has 8 nitrogen and oxygen atoms in total. The molecule has 1 aromatic heterocycles. The van der Waals surface area contributed by atoms with Crippen LogP contribution in [0.1, 0.15) is 10.4 Å². The van der Waals surface area contributed by atoms with Crippen LogP contribution < -0.4 is 14.8 Å². The highest BCUT2D eigenvalue weighted by Gasteiger charge is 2.17. The van der Waals surface area contributed by atoms with Crippen molar-refractivity contribution in [2.24, 2.45) is 0 Å². The van der Waals surface area contributed by atoms with Crippen molar-refractivity contribution in [3.63, 3.8) is 0 Å². The summed E-state index contributed by atoms with van der Waals surface area (Å²) >= 11 is 0. The Morgan fingerprint density at radius 3 is 2.14 bits per heavy atom. The van der Waals surface area contributed by atoms with Gasteiger partial charge in [-0.2, -0.15) is 9.67 Å². The quantitative estimate of drug-likeness (QED) is 0.641. The van der Waals surface area contributed by atoms with Gasteiger partial charge >= 0.3 is 0 Å². The van der Waals surface area contributed by atoms with Crippen molar-refractivity contribution in [2.75, 3.05) is 33.3 Å². The molecule has 0 radical (unpaired) electrons. The summed E-state index contributed by atoms with van der Waals surface area (Å²) in [5.41, 5.74) is 1.79. The van der Waals surface area contributed by atoms with Gasteiger partial charge in [-0.25, -0.2) is 0 Å². The van der Waals surface area contributed by atoms with Gasteiger partial charge in [0, 0.05) is 19.2 Å². The highest BCUT2D eigenvalue weighted by molar-refractivity contribution is 5.82. The normalized spacial score (nSPS) is 10.5. The van der Waals surface area contributed by atoms with E-state index >= 15 is 0 Å². The minimum atomic E-state index is -0.313. The summed E-state index contributed by atoms with van der Waals surface area (Å²) in [6.45, 7) is 0.383. The van der Waals surface area contributed by atoms with Crippen molar-refractivity contribution >= 4 is 11.9 Å². The SMILES string of the molecule is COCC(=O)n1nc(-c2ccc(OC)cc2)nc1NCc1ccc(OC)cc1. The van der Waals surface area contributed by atoms with Crippen molar-refractivity contribution in [3.05, 3.63) is 54.1 Å². The molecule has 8 heteroatoms. The molecule has 0 amide bonds. The maximum atomic E-state index is 12.4. The van der Waals surface area contributed by atoms with Crippen molar-refractivity contribution in [2.45, 2.75) is 6.54 Å². The lowest BCUT2D eigenvalue weighted by molar-refractivity contribution is 0.0748. The van der Waals surface area contributed by atoms with E-state index in [1.165, 1.54) is 11.8 Å². The summed E-state index contributed by atoms with van der Waals surface area (Å²) in [6.07, 6.45) is 0. The van der Waals surface area contributed by atoms with Crippen LogP contribution in [0.5, 0.6) is 11.5 Å². The molecule has 0 aliphatic heterocycles. The van der Waals surface area contributed by atoms with Crippen molar-refractivity contribution < 1.29 is 19.0 Å². The predicted molar refractivity (Wildman–Crippen MR) is 105 cm³/mol. The minimum Gasteiger partial charge on any atom is -0.497 e. The molecule has 0 fully saturated rings. The number of rotatable bonds is 8. The van der Waals surface area contributed by atoms with Crippen molar-refractivity contribution in [1.29, 1.82) is 0 Å². The Morgan fingerprint density at radius 2 is 1.57 bits per heavy atom. The van der Waals surface area contributed by atoms with E-state index < -0.39 is 0 Å². The van der Waals surface area contributed by atoms with E-state index in [4.69, 9.17) is 14.2 Å². The summed E-state index contributed by atoms with van der Waals surface area (Å²) in [7, 11) is 4.69. The first kappa shape index (κ1) is 19.4. The molecule has 0 saturated heterocycles. The monoisotopic (exact) mass is 382 g/mol. The van der Waals surface area contributed by atoms with Gasteiger partial charge in [0.25, 0.3) is 5.91 Å². The second-order valence-corrected chi connectivity index (χ2v) is 5.93. The maximum absolute atomic E-state index is 12.4. The molecule has 0 saturated carbocycles. The minimum absolute atomic E-state index is 0.0946. The number of hydrogen-bond donors (Lipinski definition) is 1. The van der Waals surface area contributed by atoms with Gasteiger partial charge in [0.05, 0.1) is 14.2 Å². The highest BCUT2D eigenvalue weighted by Crippen LogP contribution is 2.21. The summed E-state index contributed by atoms with van der Waals surface area (Å²) in [6, 6.07) is 14.9. The van der Waals surface area contributed by atoms with E-state index in [1.807, 2.05) is 48.5 Å². The van der Waals surface area contributed by atoms with Crippen LogP contribution in [-0.4, -0.2) is 48.6 Å². The average Bonchev–Trinajstić information content (AvgIpc) is 3.17. The Balaban J connectivity index is 1.84. The third-order valence-electron chi connectivity index (χ3n) is 4.07. The molecule has 0 spiro atoms. The highest BCUT2D eigenvalue weighted by atomic mass is 16.5. The number of carbonyl (C=O) groups excluding carboxylic acids is 1. The fourth-order valence-corrected chi connectivity index (χ4v) is 2.57. The summed E-state index contributed by atoms with van der Waals surface area (Å²) < 4.78 is 16.5. The first-order valence-electron chi connectivity index (χ1n) is 8.65. The molecule has 0 atom stereocenters. The maximum Gasteiger partial charge on any atom is 0.276 e. The molecule has 2 aromatic carbocycles. The topological polar surface area (TPSA) is 87.5 Å². The largest absolute Gasteiger partial charge is 0.497 e. The van der Waals surface area contributed by atoms with E-state index in [0.29, 0.717) is 18.3 Å². The van der Waals surface area contributed by atoms with Crippen LogP contribution in [0.3, 0.4) is 0 Å². The third kappa shape index (κ3) is 4.47. The van der Waals surface area contributed by atoms with Crippen LogP contribution >= 0.6 is 0 Å². The molecule has 146 valence electrons. The average molecular weight is 382 g/mol. The Labute approximate surface area is 163 Å². The lowest BCUT2D eigenvalue weighted by Crippen LogP contribution is -2.20. The van der Waals surface area contributed by atoms with Gasteiger partial charge in [0.15, 0.2) is 5.82 Å². The Morgan fingerprint density at radius 1 is 0.964 bits per heavy atom. The molecule has 0 aliphatic carbocycles. The number of methoxy groups -OCH3 is 3. The number of nitrogens with zero attached hydrogens (tertiary/aromatic N) is 3. The molecular formula is C20H22N4O4. The Hall–Kier alpha value is -3.39. The van der Waals surface area contributed by atoms with E-state index in [9.17, 15) is 4.79 Å². The molecule has 1 N–H and O–H groups in total. The summed E-state index contributed by atoms with van der Waals surface area (Å²) in [5.74, 6) is 1.99. The van der Waals surface area contributed by atoms with E-state index in [1.54, 1.807) is 14.2 Å². The van der Waals surface area contributed by atoms with E-state index in [0.717, 1.165) is 22.6 Å². The van der Waals surface area contributed by atoms with Gasteiger partial charge < -0.3 is 19.5 Å². The molecule has 28 heavy (non-hydrogen) atoms. The van der Waals surface area contributed by atoms with Crippen molar-refractivity contribution in [3.8, 4) is 22.9 Å². The zero-order valence-electron chi connectivity index (χ0n) is 16.0. The molecule has 3 aromatic rings. The van der Waals surface area contributed by atoms with Crippen LogP contribution in [0.15, 0.2) is 48.5 Å². The molecule has 0 unspecified atom stereocenters. The van der Waals surface area contributed by atoms with Gasteiger partial charge in [-0.1, -0.05) is 12.1 Å². The number of nitrogens with one attached hydrogen (secondary N) is 1.